The number of pyridine rings is 1. The Morgan fingerprint density at radius 1 is 1.00 bits per heavy atom. The summed E-state index contributed by atoms with van der Waals surface area (Å²) in [5.74, 6) is 4.66. The number of amides is 1. The number of nitrogens with one attached hydrogen (secondary N) is 1. The molecule has 5 nitrogen and oxygen atoms in total. The number of carbonyl (C=O) groups is 1. The zero-order chi connectivity index (χ0) is 19.5. The molecular weight excluding hydrogens is 364 g/mol. The fourth-order valence-electron chi connectivity index (χ4n) is 2.74. The Kier molecular flexibility index (Phi) is 4.60. The van der Waals surface area contributed by atoms with Crippen LogP contribution in [-0.2, 0) is 4.74 Å². The summed E-state index contributed by atoms with van der Waals surface area (Å²) in [5, 5.41) is 1.28. The molecule has 0 spiro atoms. The van der Waals surface area contributed by atoms with Gasteiger partial charge in [-0.1, -0.05) is 30.0 Å². The molecule has 1 saturated heterocycles. The van der Waals surface area contributed by atoms with Crippen molar-refractivity contribution in [1.29, 1.82) is 0 Å². The average molecular weight is 377 g/mol. The van der Waals surface area contributed by atoms with Crippen LogP contribution in [-0.4, -0.2) is 11.1 Å². The number of hydrogen-bond donors (Lipinski definition) is 1. The standard InChI is InChI=1S/C21H13F2N3O2/c22-16-8-9-19(23)18(11-16)20-26(25-21(27)28-20)17-10-15(12-24-13-17)7-6-14-4-2-1-3-5-14/h1-5,8-13,20H,(H,25,27)/t20-/m1/s1. The van der Waals surface area contributed by atoms with Crippen LogP contribution >= 0.6 is 0 Å². The van der Waals surface area contributed by atoms with Crippen LogP contribution in [0, 0.1) is 23.5 Å². The normalized spacial score (nSPS) is 15.4. The Balaban J connectivity index is 1.67. The number of hydrazine groups is 1. The van der Waals surface area contributed by atoms with E-state index in [-0.39, 0.29) is 5.56 Å². The molecule has 1 atom stereocenters. The first kappa shape index (κ1) is 17.5. The molecule has 0 bridgehead atoms. The highest BCUT2D eigenvalue weighted by Crippen LogP contribution is 2.32. The van der Waals surface area contributed by atoms with Crippen molar-refractivity contribution in [2.45, 2.75) is 6.23 Å². The van der Waals surface area contributed by atoms with Crippen LogP contribution in [0.25, 0.3) is 0 Å². The number of rotatable bonds is 2. The lowest BCUT2D eigenvalue weighted by molar-refractivity contribution is 0.136. The van der Waals surface area contributed by atoms with E-state index in [2.05, 4.69) is 22.3 Å². The minimum absolute atomic E-state index is 0.112. The summed E-state index contributed by atoms with van der Waals surface area (Å²) in [4.78, 5) is 15.9. The Hall–Kier alpha value is -3.92. The van der Waals surface area contributed by atoms with Gasteiger partial charge < -0.3 is 4.74 Å². The van der Waals surface area contributed by atoms with Gasteiger partial charge in [0.2, 0.25) is 6.23 Å². The molecular formula is C21H13F2N3O2. The zero-order valence-electron chi connectivity index (χ0n) is 14.4. The third-order valence-corrected chi connectivity index (χ3v) is 4.02. The van der Waals surface area contributed by atoms with E-state index < -0.39 is 24.0 Å². The van der Waals surface area contributed by atoms with Gasteiger partial charge in [-0.25, -0.2) is 24.0 Å². The van der Waals surface area contributed by atoms with Gasteiger partial charge in [0, 0.05) is 17.3 Å². The minimum atomic E-state index is -1.18. The molecule has 0 aliphatic carbocycles. The number of hydrogen-bond acceptors (Lipinski definition) is 4. The van der Waals surface area contributed by atoms with Crippen molar-refractivity contribution >= 4 is 11.8 Å². The van der Waals surface area contributed by atoms with Crippen LogP contribution in [0.4, 0.5) is 19.3 Å². The molecule has 4 rings (SSSR count). The van der Waals surface area contributed by atoms with Crippen molar-refractivity contribution in [3.63, 3.8) is 0 Å². The first-order valence-corrected chi connectivity index (χ1v) is 8.34. The van der Waals surface area contributed by atoms with Gasteiger partial charge in [0.05, 0.1) is 17.4 Å². The molecule has 1 N–H and O–H groups in total. The fourth-order valence-corrected chi connectivity index (χ4v) is 2.74. The number of carbonyl (C=O) groups excluding carboxylic acids is 1. The Morgan fingerprint density at radius 3 is 2.61 bits per heavy atom. The summed E-state index contributed by atoms with van der Waals surface area (Å²) in [6.45, 7) is 0. The fraction of sp³-hybridized carbons (Fsp3) is 0.0476. The van der Waals surface area contributed by atoms with Crippen molar-refractivity contribution in [2.75, 3.05) is 5.01 Å². The molecule has 1 aliphatic rings. The van der Waals surface area contributed by atoms with Crippen LogP contribution in [0.1, 0.15) is 22.9 Å². The van der Waals surface area contributed by atoms with E-state index in [9.17, 15) is 13.6 Å². The maximum atomic E-state index is 14.2. The second-order valence-electron chi connectivity index (χ2n) is 5.95. The maximum Gasteiger partial charge on any atom is 0.428 e. The number of ether oxygens (including phenoxy) is 1. The maximum absolute atomic E-state index is 14.2. The van der Waals surface area contributed by atoms with Crippen molar-refractivity contribution < 1.29 is 18.3 Å². The highest BCUT2D eigenvalue weighted by Gasteiger charge is 2.35. The van der Waals surface area contributed by atoms with Gasteiger partial charge in [0.1, 0.15) is 11.6 Å². The summed E-state index contributed by atoms with van der Waals surface area (Å²) in [6.07, 6.45) is 1.07. The Labute approximate surface area is 159 Å². The zero-order valence-corrected chi connectivity index (χ0v) is 14.4. The minimum Gasteiger partial charge on any atom is -0.418 e. The van der Waals surface area contributed by atoms with Gasteiger partial charge in [-0.3, -0.25) is 4.98 Å². The van der Waals surface area contributed by atoms with E-state index in [1.807, 2.05) is 30.3 Å². The van der Waals surface area contributed by atoms with Crippen molar-refractivity contribution in [2.24, 2.45) is 0 Å². The van der Waals surface area contributed by atoms with Gasteiger partial charge in [0.15, 0.2) is 0 Å². The predicted octanol–water partition coefficient (Wildman–Crippen LogP) is 3.92. The van der Waals surface area contributed by atoms with Gasteiger partial charge in [-0.05, 0) is 36.4 Å². The molecule has 2 heterocycles. The smallest absolute Gasteiger partial charge is 0.418 e. The summed E-state index contributed by atoms with van der Waals surface area (Å²) in [5.41, 5.74) is 4.19. The summed E-state index contributed by atoms with van der Waals surface area (Å²) in [7, 11) is 0. The van der Waals surface area contributed by atoms with E-state index in [0.29, 0.717) is 11.3 Å². The van der Waals surface area contributed by atoms with E-state index in [1.165, 1.54) is 11.2 Å². The summed E-state index contributed by atoms with van der Waals surface area (Å²) in [6, 6.07) is 14.0. The van der Waals surface area contributed by atoms with E-state index in [0.717, 1.165) is 23.8 Å². The molecule has 0 radical (unpaired) electrons. The topological polar surface area (TPSA) is 54.5 Å². The summed E-state index contributed by atoms with van der Waals surface area (Å²) >= 11 is 0. The number of halogens is 2. The largest absolute Gasteiger partial charge is 0.428 e. The molecule has 3 aromatic rings. The van der Waals surface area contributed by atoms with Crippen LogP contribution in [0.2, 0.25) is 0 Å². The van der Waals surface area contributed by atoms with Gasteiger partial charge in [-0.15, -0.1) is 0 Å². The molecule has 1 aliphatic heterocycles. The van der Waals surface area contributed by atoms with E-state index in [4.69, 9.17) is 4.74 Å². The molecule has 2 aromatic carbocycles. The molecule has 1 aromatic heterocycles. The van der Waals surface area contributed by atoms with Gasteiger partial charge >= 0.3 is 6.09 Å². The molecule has 7 heteroatoms. The quantitative estimate of drug-likeness (QED) is 0.688. The van der Waals surface area contributed by atoms with Crippen molar-refractivity contribution in [1.82, 2.24) is 10.4 Å². The molecule has 138 valence electrons. The lowest BCUT2D eigenvalue weighted by Gasteiger charge is -2.23. The lowest BCUT2D eigenvalue weighted by atomic mass is 10.1. The number of nitrogens with zero attached hydrogens (tertiary/aromatic N) is 2. The van der Waals surface area contributed by atoms with E-state index >= 15 is 0 Å². The van der Waals surface area contributed by atoms with Gasteiger partial charge in [0.25, 0.3) is 0 Å². The van der Waals surface area contributed by atoms with Crippen molar-refractivity contribution in [3.8, 4) is 11.8 Å². The van der Waals surface area contributed by atoms with E-state index in [1.54, 1.807) is 12.3 Å². The molecule has 1 fully saturated rings. The SMILES string of the molecule is O=C1NN(c2cncc(C#Cc3ccccc3)c2)[C@@H](c2cc(F)ccc2F)O1. The number of cyclic esters (lactones) is 1. The van der Waals surface area contributed by atoms with Crippen LogP contribution in [0.3, 0.4) is 0 Å². The first-order valence-electron chi connectivity index (χ1n) is 8.34. The summed E-state index contributed by atoms with van der Waals surface area (Å²) < 4.78 is 32.9. The lowest BCUT2D eigenvalue weighted by Crippen LogP contribution is -2.34. The number of anilines is 1. The third-order valence-electron chi connectivity index (χ3n) is 4.02. The number of aromatic nitrogens is 1. The van der Waals surface area contributed by atoms with Crippen molar-refractivity contribution in [3.05, 3.63) is 95.3 Å². The average Bonchev–Trinajstić information content (AvgIpc) is 3.11. The van der Waals surface area contributed by atoms with Crippen LogP contribution < -0.4 is 10.4 Å². The van der Waals surface area contributed by atoms with Crippen LogP contribution in [0.5, 0.6) is 0 Å². The molecule has 1 amide bonds. The second kappa shape index (κ2) is 7.37. The Morgan fingerprint density at radius 2 is 1.79 bits per heavy atom. The third kappa shape index (κ3) is 3.62. The highest BCUT2D eigenvalue weighted by atomic mass is 19.1. The highest BCUT2D eigenvalue weighted by molar-refractivity contribution is 5.74. The molecule has 0 unspecified atom stereocenters. The molecule has 0 saturated carbocycles. The first-order chi connectivity index (χ1) is 13.6. The van der Waals surface area contributed by atoms with Crippen LogP contribution in [0.15, 0.2) is 67.0 Å². The van der Waals surface area contributed by atoms with Gasteiger partial charge in [-0.2, -0.15) is 0 Å². The predicted molar refractivity (Wildman–Crippen MR) is 97.9 cm³/mol. The number of benzene rings is 2. The monoisotopic (exact) mass is 377 g/mol. The Bertz CT molecular complexity index is 1090. The second-order valence-corrected chi connectivity index (χ2v) is 5.95. The molecule has 28 heavy (non-hydrogen) atoms.